The molecular formula is C12H16FNSi. The SMILES string of the molecule is Cn1c([Si](C)(C)C)cc2cc(F)ccc21. The third-order valence-electron chi connectivity index (χ3n) is 2.77. The smallest absolute Gasteiger partial charge is 0.123 e. The third kappa shape index (κ3) is 1.72. The largest absolute Gasteiger partial charge is 0.352 e. The van der Waals surface area contributed by atoms with Gasteiger partial charge in [0.05, 0.1) is 8.07 Å². The van der Waals surface area contributed by atoms with Crippen molar-refractivity contribution in [2.24, 2.45) is 7.05 Å². The normalized spacial score (nSPS) is 12.3. The molecule has 15 heavy (non-hydrogen) atoms. The Hall–Kier alpha value is -1.09. The van der Waals surface area contributed by atoms with Crippen molar-refractivity contribution in [3.05, 3.63) is 30.1 Å². The van der Waals surface area contributed by atoms with Crippen LogP contribution in [0.4, 0.5) is 4.39 Å². The summed E-state index contributed by atoms with van der Waals surface area (Å²) >= 11 is 0. The third-order valence-corrected chi connectivity index (χ3v) is 4.79. The molecule has 80 valence electrons. The summed E-state index contributed by atoms with van der Waals surface area (Å²) in [6.07, 6.45) is 0. The van der Waals surface area contributed by atoms with E-state index >= 15 is 0 Å². The number of hydrogen-bond acceptors (Lipinski definition) is 0. The minimum Gasteiger partial charge on any atom is -0.352 e. The van der Waals surface area contributed by atoms with E-state index in [1.807, 2.05) is 6.07 Å². The second-order valence-electron chi connectivity index (χ2n) is 5.04. The predicted molar refractivity (Wildman–Crippen MR) is 65.9 cm³/mol. The monoisotopic (exact) mass is 221 g/mol. The summed E-state index contributed by atoms with van der Waals surface area (Å²) < 4.78 is 15.3. The first-order valence-electron chi connectivity index (χ1n) is 5.15. The van der Waals surface area contributed by atoms with Crippen LogP contribution in [0, 0.1) is 5.82 Å². The maximum absolute atomic E-state index is 13.1. The fourth-order valence-corrected chi connectivity index (χ4v) is 3.76. The van der Waals surface area contributed by atoms with Gasteiger partial charge in [0.2, 0.25) is 0 Å². The van der Waals surface area contributed by atoms with Gasteiger partial charge in [0.25, 0.3) is 0 Å². The van der Waals surface area contributed by atoms with Gasteiger partial charge in [0.15, 0.2) is 0 Å². The van der Waals surface area contributed by atoms with Crippen molar-refractivity contribution < 1.29 is 4.39 Å². The predicted octanol–water partition coefficient (Wildman–Crippen LogP) is 2.86. The van der Waals surface area contributed by atoms with Gasteiger partial charge < -0.3 is 4.57 Å². The second kappa shape index (κ2) is 3.20. The van der Waals surface area contributed by atoms with Crippen LogP contribution in [0.2, 0.25) is 19.6 Å². The van der Waals surface area contributed by atoms with E-state index in [0.29, 0.717) is 0 Å². The van der Waals surface area contributed by atoms with E-state index < -0.39 is 8.07 Å². The highest BCUT2D eigenvalue weighted by atomic mass is 28.3. The molecule has 0 radical (unpaired) electrons. The zero-order valence-corrected chi connectivity index (χ0v) is 10.6. The Balaban J connectivity index is 2.75. The average Bonchev–Trinajstić information content (AvgIpc) is 2.42. The summed E-state index contributed by atoms with van der Waals surface area (Å²) in [6, 6.07) is 7.12. The summed E-state index contributed by atoms with van der Waals surface area (Å²) in [4.78, 5) is 0. The fraction of sp³-hybridized carbons (Fsp3) is 0.333. The Morgan fingerprint density at radius 2 is 1.80 bits per heavy atom. The quantitative estimate of drug-likeness (QED) is 0.653. The zero-order valence-electron chi connectivity index (χ0n) is 9.63. The van der Waals surface area contributed by atoms with Crippen molar-refractivity contribution in [1.29, 1.82) is 0 Å². The van der Waals surface area contributed by atoms with Crippen molar-refractivity contribution in [2.75, 3.05) is 0 Å². The summed E-state index contributed by atoms with van der Waals surface area (Å²) in [5.74, 6) is -0.157. The average molecular weight is 221 g/mol. The van der Waals surface area contributed by atoms with Gasteiger partial charge in [-0.15, -0.1) is 0 Å². The van der Waals surface area contributed by atoms with Gasteiger partial charge >= 0.3 is 0 Å². The molecule has 0 amide bonds. The highest BCUT2D eigenvalue weighted by Crippen LogP contribution is 2.17. The minimum atomic E-state index is -1.34. The first kappa shape index (κ1) is 10.4. The molecule has 3 heteroatoms. The maximum Gasteiger partial charge on any atom is 0.123 e. The molecular weight excluding hydrogens is 205 g/mol. The maximum atomic E-state index is 13.1. The first-order valence-corrected chi connectivity index (χ1v) is 8.65. The lowest BCUT2D eigenvalue weighted by Crippen LogP contribution is -2.41. The molecule has 0 N–H and O–H groups in total. The van der Waals surface area contributed by atoms with Crippen LogP contribution in [0.1, 0.15) is 0 Å². The topological polar surface area (TPSA) is 4.93 Å². The lowest BCUT2D eigenvalue weighted by Gasteiger charge is -2.17. The van der Waals surface area contributed by atoms with E-state index in [-0.39, 0.29) is 5.82 Å². The van der Waals surface area contributed by atoms with Crippen LogP contribution in [0.25, 0.3) is 10.9 Å². The number of rotatable bonds is 1. The van der Waals surface area contributed by atoms with Gasteiger partial charge in [0, 0.05) is 23.3 Å². The van der Waals surface area contributed by atoms with Crippen molar-refractivity contribution in [3.8, 4) is 0 Å². The van der Waals surface area contributed by atoms with Crippen molar-refractivity contribution >= 4 is 24.3 Å². The zero-order chi connectivity index (χ0) is 11.2. The molecule has 1 aromatic heterocycles. The van der Waals surface area contributed by atoms with Crippen molar-refractivity contribution in [2.45, 2.75) is 19.6 Å². The van der Waals surface area contributed by atoms with E-state index in [2.05, 4.69) is 37.3 Å². The molecule has 0 aliphatic rings. The van der Waals surface area contributed by atoms with Crippen LogP contribution in [0.15, 0.2) is 24.3 Å². The Kier molecular flexibility index (Phi) is 2.23. The first-order chi connectivity index (χ1) is 6.89. The molecule has 0 spiro atoms. The van der Waals surface area contributed by atoms with Crippen LogP contribution < -0.4 is 5.32 Å². The number of fused-ring (bicyclic) bond motifs is 1. The lowest BCUT2D eigenvalue weighted by molar-refractivity contribution is 0.629. The summed E-state index contributed by atoms with van der Waals surface area (Å²) in [6.45, 7) is 6.91. The highest BCUT2D eigenvalue weighted by Gasteiger charge is 2.21. The minimum absolute atomic E-state index is 0.157. The lowest BCUT2D eigenvalue weighted by atomic mass is 10.2. The van der Waals surface area contributed by atoms with E-state index in [9.17, 15) is 4.39 Å². The molecule has 0 aliphatic carbocycles. The van der Waals surface area contributed by atoms with Gasteiger partial charge in [-0.25, -0.2) is 4.39 Å². The van der Waals surface area contributed by atoms with Gasteiger partial charge in [-0.3, -0.25) is 0 Å². The van der Waals surface area contributed by atoms with E-state index in [1.165, 1.54) is 11.4 Å². The molecule has 0 saturated heterocycles. The van der Waals surface area contributed by atoms with E-state index in [4.69, 9.17) is 0 Å². The summed E-state index contributed by atoms with van der Waals surface area (Å²) in [7, 11) is 0.725. The second-order valence-corrected chi connectivity index (χ2v) is 10.1. The molecule has 0 aliphatic heterocycles. The molecule has 0 fully saturated rings. The van der Waals surface area contributed by atoms with Gasteiger partial charge in [-0.05, 0) is 24.3 Å². The Morgan fingerprint density at radius 3 is 2.40 bits per heavy atom. The summed E-state index contributed by atoms with van der Waals surface area (Å²) in [5.41, 5.74) is 1.12. The number of aryl methyl sites for hydroxylation is 1. The fourth-order valence-electron chi connectivity index (χ4n) is 2.04. The molecule has 0 unspecified atom stereocenters. The number of halogens is 1. The van der Waals surface area contributed by atoms with Crippen LogP contribution in [-0.4, -0.2) is 12.6 Å². The molecule has 1 aromatic carbocycles. The number of aromatic nitrogens is 1. The number of hydrogen-bond donors (Lipinski definition) is 0. The van der Waals surface area contributed by atoms with Crippen LogP contribution in [0.3, 0.4) is 0 Å². The number of nitrogens with zero attached hydrogens (tertiary/aromatic N) is 1. The van der Waals surface area contributed by atoms with Crippen molar-refractivity contribution in [3.63, 3.8) is 0 Å². The van der Waals surface area contributed by atoms with E-state index in [0.717, 1.165) is 10.9 Å². The Bertz CT molecular complexity index is 508. The summed E-state index contributed by atoms with van der Waals surface area (Å²) in [5, 5.41) is 2.37. The van der Waals surface area contributed by atoms with Crippen LogP contribution >= 0.6 is 0 Å². The molecule has 0 saturated carbocycles. The van der Waals surface area contributed by atoms with Gasteiger partial charge in [-0.2, -0.15) is 0 Å². The van der Waals surface area contributed by atoms with Crippen LogP contribution in [-0.2, 0) is 7.05 Å². The van der Waals surface area contributed by atoms with Gasteiger partial charge in [0.1, 0.15) is 5.82 Å². The van der Waals surface area contributed by atoms with Gasteiger partial charge in [-0.1, -0.05) is 19.6 Å². The van der Waals surface area contributed by atoms with Crippen LogP contribution in [0.5, 0.6) is 0 Å². The standard InChI is InChI=1S/C12H16FNSi/c1-14-11-6-5-10(13)7-9(11)8-12(14)15(2,3)4/h5-8H,1-4H3. The molecule has 1 heterocycles. The number of benzene rings is 1. The Labute approximate surface area is 90.5 Å². The molecule has 1 nitrogen and oxygen atoms in total. The molecule has 2 aromatic rings. The molecule has 2 rings (SSSR count). The molecule has 0 atom stereocenters. The van der Waals surface area contributed by atoms with Crippen molar-refractivity contribution in [1.82, 2.24) is 4.57 Å². The highest BCUT2D eigenvalue weighted by molar-refractivity contribution is 6.88. The Morgan fingerprint density at radius 1 is 1.13 bits per heavy atom. The molecule has 0 bridgehead atoms. The van der Waals surface area contributed by atoms with E-state index in [1.54, 1.807) is 6.07 Å².